The van der Waals surface area contributed by atoms with Crippen LogP contribution in [0.2, 0.25) is 0 Å². The predicted molar refractivity (Wildman–Crippen MR) is 73.2 cm³/mol. The summed E-state index contributed by atoms with van der Waals surface area (Å²) in [5.41, 5.74) is 2.33. The van der Waals surface area contributed by atoms with Gasteiger partial charge in [0.05, 0.1) is 12.3 Å². The highest BCUT2D eigenvalue weighted by Gasteiger charge is 2.42. The summed E-state index contributed by atoms with van der Waals surface area (Å²) in [5, 5.41) is 3.58. The van der Waals surface area contributed by atoms with Crippen LogP contribution >= 0.6 is 0 Å². The van der Waals surface area contributed by atoms with E-state index in [4.69, 9.17) is 0 Å². The molecule has 104 valence electrons. The second-order valence-electron chi connectivity index (χ2n) is 5.08. The molecule has 1 amide bonds. The molecule has 0 radical (unpaired) electrons. The second kappa shape index (κ2) is 5.07. The number of carbonyl (C=O) groups is 2. The topological polar surface area (TPSA) is 59.0 Å². The van der Waals surface area contributed by atoms with Crippen molar-refractivity contribution in [3.05, 3.63) is 35.4 Å². The normalized spacial score (nSPS) is 25.6. The average Bonchev–Trinajstić information content (AvgIpc) is 2.47. The van der Waals surface area contributed by atoms with Crippen molar-refractivity contribution in [3.8, 4) is 0 Å². The summed E-state index contributed by atoms with van der Waals surface area (Å²) in [6.45, 7) is 0.658. The van der Waals surface area contributed by atoms with Crippen LogP contribution in [0.1, 0.15) is 23.6 Å². The molecule has 5 nitrogen and oxygen atoms in total. The van der Waals surface area contributed by atoms with Gasteiger partial charge >= 0.3 is 0 Å². The van der Waals surface area contributed by atoms with Gasteiger partial charge < -0.3 is 9.74 Å². The lowest BCUT2D eigenvalue weighted by Crippen LogP contribution is -2.50. The molecule has 2 atom stereocenters. The second-order valence-corrected chi connectivity index (χ2v) is 5.08. The summed E-state index contributed by atoms with van der Waals surface area (Å²) in [4.78, 5) is 31.0. The monoisotopic (exact) mass is 272 g/mol. The predicted octanol–water partition coefficient (Wildman–Crippen LogP) is 1.33. The van der Waals surface area contributed by atoms with Gasteiger partial charge in [-0.15, -0.1) is 0 Å². The Morgan fingerprint density at radius 3 is 2.95 bits per heavy atom. The van der Waals surface area contributed by atoms with Crippen LogP contribution in [-0.4, -0.2) is 36.5 Å². The Kier molecular flexibility index (Phi) is 3.26. The molecule has 5 heteroatoms. The number of fused-ring (bicyclic) bond motifs is 3. The zero-order valence-electron chi connectivity index (χ0n) is 11.3. The van der Waals surface area contributed by atoms with Crippen molar-refractivity contribution in [1.82, 2.24) is 4.90 Å². The number of ketones is 1. The van der Waals surface area contributed by atoms with Gasteiger partial charge in [0.2, 0.25) is 5.91 Å². The lowest BCUT2D eigenvalue weighted by molar-refractivity contribution is -0.146. The van der Waals surface area contributed by atoms with Crippen LogP contribution in [0.3, 0.4) is 0 Å². The smallest absolute Gasteiger partial charge is 0.239 e. The minimum absolute atomic E-state index is 0.0891. The van der Waals surface area contributed by atoms with Crippen molar-refractivity contribution in [3.63, 3.8) is 0 Å². The molecular formula is C15H16N2O3. The van der Waals surface area contributed by atoms with E-state index in [-0.39, 0.29) is 17.7 Å². The standard InChI is InChI=1S/C15H16N2O3/c1-20-16-9-12-14(18)8-13-11-5-3-2-4-10(11)6-7-17(13)15(12)19/h2-5,9,12-13H,6-8H2,1H3/b16-9-/t12-,13-/m1/s1. The van der Waals surface area contributed by atoms with Crippen molar-refractivity contribution in [2.45, 2.75) is 18.9 Å². The van der Waals surface area contributed by atoms with E-state index in [9.17, 15) is 9.59 Å². The number of Topliss-reactive ketones (excluding diaryl/α,β-unsaturated/α-hetero) is 1. The lowest BCUT2D eigenvalue weighted by Gasteiger charge is -2.41. The summed E-state index contributed by atoms with van der Waals surface area (Å²) in [6.07, 6.45) is 2.49. The molecular weight excluding hydrogens is 256 g/mol. The molecule has 1 fully saturated rings. The Bertz CT molecular complexity index is 582. The molecule has 1 aromatic rings. The van der Waals surface area contributed by atoms with Gasteiger partial charge in [-0.2, -0.15) is 0 Å². The summed E-state index contributed by atoms with van der Waals surface area (Å²) < 4.78 is 0. The van der Waals surface area contributed by atoms with Crippen LogP contribution in [-0.2, 0) is 20.8 Å². The number of carbonyl (C=O) groups excluding carboxylic acids is 2. The van der Waals surface area contributed by atoms with E-state index in [1.165, 1.54) is 18.9 Å². The first-order valence-electron chi connectivity index (χ1n) is 6.70. The van der Waals surface area contributed by atoms with Crippen LogP contribution in [0.5, 0.6) is 0 Å². The van der Waals surface area contributed by atoms with Crippen molar-refractivity contribution >= 4 is 17.9 Å². The Hall–Kier alpha value is -2.17. The fourth-order valence-corrected chi connectivity index (χ4v) is 3.04. The number of oxime groups is 1. The Balaban J connectivity index is 1.93. The van der Waals surface area contributed by atoms with Crippen LogP contribution in [0, 0.1) is 5.92 Å². The van der Waals surface area contributed by atoms with Gasteiger partial charge in [-0.1, -0.05) is 29.4 Å². The molecule has 0 aliphatic carbocycles. The highest BCUT2D eigenvalue weighted by Crippen LogP contribution is 2.37. The molecule has 3 rings (SSSR count). The van der Waals surface area contributed by atoms with Gasteiger partial charge in [0.15, 0.2) is 5.78 Å². The molecule has 2 aliphatic rings. The van der Waals surface area contributed by atoms with Crippen LogP contribution in [0.15, 0.2) is 29.4 Å². The van der Waals surface area contributed by atoms with Gasteiger partial charge in [0, 0.05) is 13.0 Å². The molecule has 0 N–H and O–H groups in total. The van der Waals surface area contributed by atoms with E-state index in [0.29, 0.717) is 13.0 Å². The van der Waals surface area contributed by atoms with Crippen molar-refractivity contribution in [1.29, 1.82) is 0 Å². The summed E-state index contributed by atoms with van der Waals surface area (Å²) in [7, 11) is 1.40. The SMILES string of the molecule is CO/N=C\[C@@H]1C(=O)C[C@@H]2c3ccccc3CCN2C1=O. The molecule has 20 heavy (non-hydrogen) atoms. The van der Waals surface area contributed by atoms with E-state index in [2.05, 4.69) is 16.1 Å². The third kappa shape index (κ3) is 1.99. The molecule has 0 aromatic heterocycles. The van der Waals surface area contributed by atoms with Gasteiger partial charge in [0.1, 0.15) is 13.0 Å². The molecule has 0 saturated carbocycles. The van der Waals surface area contributed by atoms with E-state index in [1.807, 2.05) is 18.2 Å². The summed E-state index contributed by atoms with van der Waals surface area (Å²) in [5.74, 6) is -1.05. The minimum atomic E-state index is -0.795. The lowest BCUT2D eigenvalue weighted by atomic mass is 9.82. The van der Waals surface area contributed by atoms with Crippen LogP contribution in [0.4, 0.5) is 0 Å². The summed E-state index contributed by atoms with van der Waals surface area (Å²) >= 11 is 0. The zero-order chi connectivity index (χ0) is 14.1. The Morgan fingerprint density at radius 2 is 2.15 bits per heavy atom. The molecule has 0 bridgehead atoms. The fourth-order valence-electron chi connectivity index (χ4n) is 3.04. The third-order valence-electron chi connectivity index (χ3n) is 4.02. The van der Waals surface area contributed by atoms with Crippen molar-refractivity contribution in [2.24, 2.45) is 11.1 Å². The van der Waals surface area contributed by atoms with Crippen molar-refractivity contribution < 1.29 is 14.4 Å². The third-order valence-corrected chi connectivity index (χ3v) is 4.02. The van der Waals surface area contributed by atoms with Gasteiger partial charge in [-0.05, 0) is 17.5 Å². The van der Waals surface area contributed by atoms with E-state index < -0.39 is 5.92 Å². The number of nitrogens with zero attached hydrogens (tertiary/aromatic N) is 2. The molecule has 2 heterocycles. The Morgan fingerprint density at radius 1 is 1.35 bits per heavy atom. The number of rotatable bonds is 2. The maximum atomic E-state index is 12.4. The fraction of sp³-hybridized carbons (Fsp3) is 0.400. The van der Waals surface area contributed by atoms with Gasteiger partial charge in [0.25, 0.3) is 0 Å². The largest absolute Gasteiger partial charge is 0.399 e. The Labute approximate surface area is 117 Å². The number of amides is 1. The number of hydrogen-bond acceptors (Lipinski definition) is 4. The van der Waals surface area contributed by atoms with E-state index >= 15 is 0 Å². The average molecular weight is 272 g/mol. The maximum absolute atomic E-state index is 12.4. The highest BCUT2D eigenvalue weighted by atomic mass is 16.6. The molecule has 0 spiro atoms. The van der Waals surface area contributed by atoms with Crippen molar-refractivity contribution in [2.75, 3.05) is 13.7 Å². The minimum Gasteiger partial charge on any atom is -0.399 e. The summed E-state index contributed by atoms with van der Waals surface area (Å²) in [6, 6.07) is 7.91. The molecule has 2 aliphatic heterocycles. The van der Waals surface area contributed by atoms with E-state index in [0.717, 1.165) is 12.0 Å². The molecule has 1 aromatic carbocycles. The first kappa shape index (κ1) is 12.8. The first-order chi connectivity index (χ1) is 9.72. The molecule has 1 saturated heterocycles. The first-order valence-corrected chi connectivity index (χ1v) is 6.70. The van der Waals surface area contributed by atoms with Gasteiger partial charge in [-0.3, -0.25) is 9.59 Å². The number of benzene rings is 1. The number of hydrogen-bond donors (Lipinski definition) is 0. The maximum Gasteiger partial charge on any atom is 0.239 e. The molecule has 0 unspecified atom stereocenters. The quantitative estimate of drug-likeness (QED) is 0.463. The van der Waals surface area contributed by atoms with Crippen LogP contribution in [0.25, 0.3) is 0 Å². The van der Waals surface area contributed by atoms with Crippen LogP contribution < -0.4 is 0 Å². The van der Waals surface area contributed by atoms with Gasteiger partial charge in [-0.25, -0.2) is 0 Å². The zero-order valence-corrected chi connectivity index (χ0v) is 11.3. The van der Waals surface area contributed by atoms with E-state index in [1.54, 1.807) is 4.90 Å². The highest BCUT2D eigenvalue weighted by molar-refractivity contribution is 6.15. The number of piperidine rings is 1.